The smallest absolute Gasteiger partial charge is 0.403 e. The second kappa shape index (κ2) is 5.27. The number of carbonyl (C=O) groups is 1. The van der Waals surface area contributed by atoms with Gasteiger partial charge in [0.15, 0.2) is 11.5 Å². The van der Waals surface area contributed by atoms with Crippen LogP contribution in [0.5, 0.6) is 5.75 Å². The predicted molar refractivity (Wildman–Crippen MR) is 60.9 cm³/mol. The Hall–Kier alpha value is -0.750. The number of benzene rings is 1. The van der Waals surface area contributed by atoms with E-state index < -0.39 is 22.7 Å². The van der Waals surface area contributed by atoms with Crippen molar-refractivity contribution < 1.29 is 22.7 Å². The average molecular weight is 332 g/mol. The summed E-state index contributed by atoms with van der Waals surface area (Å²) < 4.78 is 40.2. The van der Waals surface area contributed by atoms with E-state index in [1.54, 1.807) is 0 Å². The Labute approximate surface area is 109 Å². The zero-order valence-corrected chi connectivity index (χ0v) is 10.9. The van der Waals surface area contributed by atoms with Gasteiger partial charge in [-0.25, -0.2) is 0 Å². The summed E-state index contributed by atoms with van der Waals surface area (Å²) in [7, 11) is 0. The van der Waals surface area contributed by atoms with Crippen LogP contribution in [0.3, 0.4) is 0 Å². The number of carbonyl (C=O) groups excluding carboxylic acids is 1. The number of rotatable bonds is 3. The van der Waals surface area contributed by atoms with E-state index in [4.69, 9.17) is 11.6 Å². The Morgan fingerprint density at radius 3 is 2.53 bits per heavy atom. The monoisotopic (exact) mass is 330 g/mol. The van der Waals surface area contributed by atoms with Gasteiger partial charge in [0.2, 0.25) is 0 Å². The zero-order valence-electron chi connectivity index (χ0n) is 8.52. The van der Waals surface area contributed by atoms with Gasteiger partial charge in [0.05, 0.1) is 15.4 Å². The number of halogens is 5. The van der Waals surface area contributed by atoms with E-state index in [-0.39, 0.29) is 10.6 Å². The molecule has 1 aromatic carbocycles. The molecular weight excluding hydrogens is 324 g/mol. The molecule has 0 aromatic heterocycles. The maximum Gasteiger partial charge on any atom is 0.573 e. The fraction of sp³-hybridized carbons (Fsp3) is 0.300. The fourth-order valence-electron chi connectivity index (χ4n) is 1.14. The highest BCUT2D eigenvalue weighted by Gasteiger charge is 2.34. The molecule has 1 rings (SSSR count). The molecule has 1 atom stereocenters. The molecular formula is C10H7BrClF3O2. The van der Waals surface area contributed by atoms with E-state index in [1.807, 2.05) is 0 Å². The van der Waals surface area contributed by atoms with E-state index in [2.05, 4.69) is 20.7 Å². The van der Waals surface area contributed by atoms with Crippen LogP contribution in [-0.2, 0) is 0 Å². The molecule has 0 bridgehead atoms. The maximum absolute atomic E-state index is 12.2. The normalized spacial score (nSPS) is 13.3. The number of para-hydroxylation sites is 1. The van der Waals surface area contributed by atoms with Gasteiger partial charge in [-0.2, -0.15) is 0 Å². The molecule has 0 aliphatic carbocycles. The SMILES string of the molecule is CC(Br)C(=O)c1cccc(Cl)c1OC(F)(F)F. The van der Waals surface area contributed by atoms with Gasteiger partial charge in [-0.3, -0.25) is 4.79 Å². The topological polar surface area (TPSA) is 26.3 Å². The number of ether oxygens (including phenoxy) is 1. The largest absolute Gasteiger partial charge is 0.573 e. The van der Waals surface area contributed by atoms with Crippen molar-refractivity contribution in [2.75, 3.05) is 0 Å². The Morgan fingerprint density at radius 1 is 1.47 bits per heavy atom. The maximum atomic E-state index is 12.2. The lowest BCUT2D eigenvalue weighted by atomic mass is 10.1. The van der Waals surface area contributed by atoms with Crippen LogP contribution in [0.2, 0.25) is 5.02 Å². The van der Waals surface area contributed by atoms with Gasteiger partial charge in [-0.1, -0.05) is 33.6 Å². The molecule has 17 heavy (non-hydrogen) atoms. The fourth-order valence-corrected chi connectivity index (χ4v) is 1.60. The van der Waals surface area contributed by atoms with E-state index in [9.17, 15) is 18.0 Å². The van der Waals surface area contributed by atoms with Gasteiger partial charge in [0.25, 0.3) is 0 Å². The molecule has 94 valence electrons. The van der Waals surface area contributed by atoms with Gasteiger partial charge < -0.3 is 4.74 Å². The van der Waals surface area contributed by atoms with Gasteiger partial charge in [0.1, 0.15) is 0 Å². The molecule has 1 aromatic rings. The first-order chi connectivity index (χ1) is 7.72. The standard InChI is InChI=1S/C10H7BrClF3O2/c1-5(11)8(16)6-3-2-4-7(12)9(6)17-10(13,14)15/h2-5H,1H3. The Morgan fingerprint density at radius 2 is 2.06 bits per heavy atom. The number of alkyl halides is 4. The first kappa shape index (κ1) is 14.3. The van der Waals surface area contributed by atoms with Crippen molar-refractivity contribution >= 4 is 33.3 Å². The molecule has 1 unspecified atom stereocenters. The van der Waals surface area contributed by atoms with Crippen LogP contribution in [-0.4, -0.2) is 17.0 Å². The van der Waals surface area contributed by atoms with Crippen molar-refractivity contribution in [3.63, 3.8) is 0 Å². The average Bonchev–Trinajstić information content (AvgIpc) is 2.18. The van der Waals surface area contributed by atoms with Crippen LogP contribution in [0.4, 0.5) is 13.2 Å². The van der Waals surface area contributed by atoms with Crippen LogP contribution < -0.4 is 4.74 Å². The van der Waals surface area contributed by atoms with Crippen molar-refractivity contribution in [2.45, 2.75) is 18.1 Å². The van der Waals surface area contributed by atoms with Crippen molar-refractivity contribution in [2.24, 2.45) is 0 Å². The minimum Gasteiger partial charge on any atom is -0.403 e. The summed E-state index contributed by atoms with van der Waals surface area (Å²) in [5, 5.41) is -0.263. The molecule has 0 amide bonds. The van der Waals surface area contributed by atoms with E-state index >= 15 is 0 Å². The van der Waals surface area contributed by atoms with Crippen molar-refractivity contribution in [1.82, 2.24) is 0 Å². The van der Waals surface area contributed by atoms with Gasteiger partial charge in [0, 0.05) is 0 Å². The van der Waals surface area contributed by atoms with Crippen LogP contribution in [0.1, 0.15) is 17.3 Å². The third-order valence-corrected chi connectivity index (χ3v) is 2.52. The van der Waals surface area contributed by atoms with Crippen molar-refractivity contribution in [1.29, 1.82) is 0 Å². The van der Waals surface area contributed by atoms with Gasteiger partial charge in [-0.15, -0.1) is 13.2 Å². The second-order valence-electron chi connectivity index (χ2n) is 3.14. The quantitative estimate of drug-likeness (QED) is 0.613. The molecule has 0 fully saturated rings. The first-order valence-corrected chi connectivity index (χ1v) is 5.74. The lowest BCUT2D eigenvalue weighted by Crippen LogP contribution is -2.20. The van der Waals surface area contributed by atoms with Crippen LogP contribution >= 0.6 is 27.5 Å². The second-order valence-corrected chi connectivity index (χ2v) is 4.93. The summed E-state index contributed by atoms with van der Waals surface area (Å²) in [6, 6.07) is 3.83. The number of hydrogen-bond acceptors (Lipinski definition) is 2. The highest BCUT2D eigenvalue weighted by atomic mass is 79.9. The third kappa shape index (κ3) is 3.89. The van der Waals surface area contributed by atoms with Crippen LogP contribution in [0, 0.1) is 0 Å². The lowest BCUT2D eigenvalue weighted by Gasteiger charge is -2.14. The summed E-state index contributed by atoms with van der Waals surface area (Å²) in [5.74, 6) is -1.20. The molecule has 0 aliphatic heterocycles. The predicted octanol–water partition coefficient (Wildman–Crippen LogP) is 4.20. The molecule has 0 aliphatic rings. The number of Topliss-reactive ketones (excluding diaryl/α,β-unsaturated/α-hetero) is 1. The summed E-state index contributed by atoms with van der Waals surface area (Å²) >= 11 is 8.58. The molecule has 0 saturated carbocycles. The lowest BCUT2D eigenvalue weighted by molar-refractivity contribution is -0.274. The van der Waals surface area contributed by atoms with Crippen molar-refractivity contribution in [3.8, 4) is 5.75 Å². The zero-order chi connectivity index (χ0) is 13.2. The summed E-state index contributed by atoms with van der Waals surface area (Å²) in [5.41, 5.74) is -0.209. The minimum absolute atomic E-state index is 0.209. The molecule has 2 nitrogen and oxygen atoms in total. The van der Waals surface area contributed by atoms with Gasteiger partial charge in [-0.05, 0) is 19.1 Å². The minimum atomic E-state index is -4.89. The van der Waals surface area contributed by atoms with E-state index in [0.29, 0.717) is 0 Å². The number of hydrogen-bond donors (Lipinski definition) is 0. The highest BCUT2D eigenvalue weighted by molar-refractivity contribution is 9.10. The molecule has 0 radical (unpaired) electrons. The summed E-state index contributed by atoms with van der Waals surface area (Å²) in [4.78, 5) is 11.0. The number of ketones is 1. The molecule has 0 heterocycles. The Kier molecular flexibility index (Phi) is 4.43. The third-order valence-electron chi connectivity index (χ3n) is 1.81. The Balaban J connectivity index is 3.22. The molecule has 0 N–H and O–H groups in total. The summed E-state index contributed by atoms with van der Waals surface area (Å²) in [6.07, 6.45) is -4.89. The van der Waals surface area contributed by atoms with E-state index in [0.717, 1.165) is 0 Å². The highest BCUT2D eigenvalue weighted by Crippen LogP contribution is 2.34. The van der Waals surface area contributed by atoms with Gasteiger partial charge >= 0.3 is 6.36 Å². The Bertz CT molecular complexity index is 432. The van der Waals surface area contributed by atoms with Crippen LogP contribution in [0.15, 0.2) is 18.2 Å². The molecule has 0 saturated heterocycles. The van der Waals surface area contributed by atoms with Crippen LogP contribution in [0.25, 0.3) is 0 Å². The molecule has 0 spiro atoms. The molecule has 7 heteroatoms. The summed E-state index contributed by atoms with van der Waals surface area (Å²) in [6.45, 7) is 1.50. The van der Waals surface area contributed by atoms with Crippen molar-refractivity contribution in [3.05, 3.63) is 28.8 Å². The first-order valence-electron chi connectivity index (χ1n) is 4.45. The van der Waals surface area contributed by atoms with E-state index in [1.165, 1.54) is 25.1 Å².